The highest BCUT2D eigenvalue weighted by atomic mass is 19.4. The number of ether oxygens (including phenoxy) is 2. The van der Waals surface area contributed by atoms with E-state index < -0.39 is 11.9 Å². The van der Waals surface area contributed by atoms with E-state index in [1.807, 2.05) is 0 Å². The van der Waals surface area contributed by atoms with Crippen molar-refractivity contribution in [3.8, 4) is 17.2 Å². The summed E-state index contributed by atoms with van der Waals surface area (Å²) in [6.45, 7) is 0. The van der Waals surface area contributed by atoms with Gasteiger partial charge in [-0.05, 0) is 24.3 Å². The number of alkyl halides is 3. The van der Waals surface area contributed by atoms with Crippen molar-refractivity contribution < 1.29 is 22.6 Å². The lowest BCUT2D eigenvalue weighted by Crippen LogP contribution is -2.16. The monoisotopic (exact) mass is 272 g/mol. The Balaban J connectivity index is 2.09. The summed E-state index contributed by atoms with van der Waals surface area (Å²) in [4.78, 5) is 10.9. The Hall–Kier alpha value is -2.51. The Bertz CT molecular complexity index is 608. The molecule has 0 atom stereocenters. The van der Waals surface area contributed by atoms with Crippen LogP contribution in [-0.4, -0.2) is 16.6 Å². The van der Waals surface area contributed by atoms with Crippen LogP contribution in [0, 0.1) is 0 Å². The van der Waals surface area contributed by atoms with Crippen LogP contribution in [0.3, 0.4) is 0 Å². The van der Waals surface area contributed by atoms with Gasteiger partial charge in [0.15, 0.2) is 5.75 Å². The number of H-pyrrole nitrogens is 1. The van der Waals surface area contributed by atoms with E-state index in [0.717, 1.165) is 18.2 Å². The van der Waals surface area contributed by atoms with Gasteiger partial charge in [0.2, 0.25) is 0 Å². The second kappa shape index (κ2) is 5.01. The molecule has 2 rings (SSSR count). The summed E-state index contributed by atoms with van der Waals surface area (Å²) in [5, 5.41) is 5.67. The van der Waals surface area contributed by atoms with Crippen LogP contribution in [0.15, 0.2) is 41.3 Å². The Morgan fingerprint density at radius 1 is 1.05 bits per heavy atom. The van der Waals surface area contributed by atoms with E-state index >= 15 is 0 Å². The molecular formula is C11H7F3N2O3. The molecule has 2 aromatic rings. The zero-order valence-corrected chi connectivity index (χ0v) is 9.27. The summed E-state index contributed by atoms with van der Waals surface area (Å²) in [7, 11) is 0. The quantitative estimate of drug-likeness (QED) is 0.932. The van der Waals surface area contributed by atoms with Gasteiger partial charge in [-0.1, -0.05) is 0 Å². The number of aromatic nitrogens is 2. The highest BCUT2D eigenvalue weighted by molar-refractivity contribution is 5.34. The molecule has 1 aromatic heterocycles. The van der Waals surface area contributed by atoms with Crippen molar-refractivity contribution in [3.63, 3.8) is 0 Å². The fourth-order valence-corrected chi connectivity index (χ4v) is 1.26. The summed E-state index contributed by atoms with van der Waals surface area (Å²) < 4.78 is 44.7. The molecule has 0 amide bonds. The van der Waals surface area contributed by atoms with Crippen molar-refractivity contribution in [2.24, 2.45) is 0 Å². The van der Waals surface area contributed by atoms with Crippen LogP contribution in [0.4, 0.5) is 13.2 Å². The van der Waals surface area contributed by atoms with Crippen LogP contribution >= 0.6 is 0 Å². The van der Waals surface area contributed by atoms with E-state index in [0.29, 0.717) is 0 Å². The van der Waals surface area contributed by atoms with Crippen molar-refractivity contribution >= 4 is 0 Å². The summed E-state index contributed by atoms with van der Waals surface area (Å²) in [5.74, 6) is 0.0686. The van der Waals surface area contributed by atoms with Gasteiger partial charge in [-0.15, -0.1) is 13.2 Å². The largest absolute Gasteiger partial charge is 0.573 e. The molecule has 0 radical (unpaired) electrons. The van der Waals surface area contributed by atoms with E-state index in [4.69, 9.17) is 4.74 Å². The minimum atomic E-state index is -4.74. The second-order valence-electron chi connectivity index (χ2n) is 3.40. The fraction of sp³-hybridized carbons (Fsp3) is 0.0909. The first-order valence-corrected chi connectivity index (χ1v) is 5.01. The first kappa shape index (κ1) is 12.9. The Labute approximate surface area is 104 Å². The first-order valence-electron chi connectivity index (χ1n) is 5.01. The van der Waals surface area contributed by atoms with Crippen LogP contribution in [0.5, 0.6) is 17.2 Å². The highest BCUT2D eigenvalue weighted by Crippen LogP contribution is 2.26. The summed E-state index contributed by atoms with van der Waals surface area (Å²) in [5.41, 5.74) is -0.450. The minimum absolute atomic E-state index is 0.174. The van der Waals surface area contributed by atoms with Crippen LogP contribution in [0.1, 0.15) is 0 Å². The molecule has 1 heterocycles. The average molecular weight is 272 g/mol. The number of hydrogen-bond donors (Lipinski definition) is 1. The Kier molecular flexibility index (Phi) is 3.41. The number of nitrogens with one attached hydrogen (secondary N) is 1. The van der Waals surface area contributed by atoms with Crippen molar-refractivity contribution in [2.45, 2.75) is 6.36 Å². The van der Waals surface area contributed by atoms with Crippen LogP contribution in [0.2, 0.25) is 0 Å². The molecule has 1 aromatic carbocycles. The normalized spacial score (nSPS) is 11.1. The molecule has 1 N–H and O–H groups in total. The van der Waals surface area contributed by atoms with Gasteiger partial charge >= 0.3 is 6.36 Å². The SMILES string of the molecule is O=c1cc(Oc2ccc(OC(F)(F)F)cc2)cn[nH]1. The number of hydrogen-bond acceptors (Lipinski definition) is 4. The molecular weight excluding hydrogens is 265 g/mol. The molecule has 0 saturated heterocycles. The fourth-order valence-electron chi connectivity index (χ4n) is 1.26. The molecule has 0 aliphatic rings. The lowest BCUT2D eigenvalue weighted by atomic mass is 10.3. The number of halogens is 3. The second-order valence-corrected chi connectivity index (χ2v) is 3.40. The molecule has 0 unspecified atom stereocenters. The smallest absolute Gasteiger partial charge is 0.455 e. The maximum absolute atomic E-state index is 11.9. The number of aromatic amines is 1. The third kappa shape index (κ3) is 4.02. The van der Waals surface area contributed by atoms with Crippen molar-refractivity contribution in [1.82, 2.24) is 10.2 Å². The van der Waals surface area contributed by atoms with Gasteiger partial charge in [-0.2, -0.15) is 5.10 Å². The number of benzene rings is 1. The summed E-state index contributed by atoms with van der Waals surface area (Å²) in [6.07, 6.45) is -3.47. The Morgan fingerprint density at radius 3 is 2.26 bits per heavy atom. The summed E-state index contributed by atoms with van der Waals surface area (Å²) >= 11 is 0. The zero-order chi connectivity index (χ0) is 13.9. The molecule has 8 heteroatoms. The van der Waals surface area contributed by atoms with Gasteiger partial charge in [0.25, 0.3) is 5.56 Å². The molecule has 19 heavy (non-hydrogen) atoms. The van der Waals surface area contributed by atoms with E-state index in [9.17, 15) is 18.0 Å². The molecule has 0 fully saturated rings. The predicted octanol–water partition coefficient (Wildman–Crippen LogP) is 2.46. The lowest BCUT2D eigenvalue weighted by Gasteiger charge is -2.09. The van der Waals surface area contributed by atoms with Crippen LogP contribution in [-0.2, 0) is 0 Å². The Morgan fingerprint density at radius 2 is 1.68 bits per heavy atom. The molecule has 5 nitrogen and oxygen atoms in total. The third-order valence-electron chi connectivity index (χ3n) is 1.93. The van der Waals surface area contributed by atoms with Gasteiger partial charge < -0.3 is 9.47 Å². The maximum Gasteiger partial charge on any atom is 0.573 e. The van der Waals surface area contributed by atoms with Crippen LogP contribution < -0.4 is 15.0 Å². The molecule has 0 saturated carbocycles. The third-order valence-corrected chi connectivity index (χ3v) is 1.93. The van der Waals surface area contributed by atoms with E-state index in [-0.39, 0.29) is 17.2 Å². The van der Waals surface area contributed by atoms with E-state index in [1.165, 1.54) is 18.3 Å². The predicted molar refractivity (Wildman–Crippen MR) is 58.1 cm³/mol. The van der Waals surface area contributed by atoms with Crippen LogP contribution in [0.25, 0.3) is 0 Å². The first-order chi connectivity index (χ1) is 8.92. The topological polar surface area (TPSA) is 64.2 Å². The minimum Gasteiger partial charge on any atom is -0.455 e. The van der Waals surface area contributed by atoms with E-state index in [1.54, 1.807) is 0 Å². The van der Waals surface area contributed by atoms with Gasteiger partial charge in [-0.25, -0.2) is 5.10 Å². The van der Waals surface area contributed by atoms with Gasteiger partial charge in [0.05, 0.1) is 6.20 Å². The molecule has 0 bridgehead atoms. The maximum atomic E-state index is 11.9. The van der Waals surface area contributed by atoms with Gasteiger partial charge in [0.1, 0.15) is 11.5 Å². The zero-order valence-electron chi connectivity index (χ0n) is 9.27. The molecule has 0 aliphatic heterocycles. The molecule has 0 spiro atoms. The lowest BCUT2D eigenvalue weighted by molar-refractivity contribution is -0.274. The van der Waals surface area contributed by atoms with Gasteiger partial charge in [0, 0.05) is 6.07 Å². The summed E-state index contributed by atoms with van der Waals surface area (Å²) in [6, 6.07) is 5.92. The van der Waals surface area contributed by atoms with Crippen molar-refractivity contribution in [3.05, 3.63) is 46.9 Å². The molecule has 0 aliphatic carbocycles. The molecule has 100 valence electrons. The standard InChI is InChI=1S/C11H7F3N2O3/c12-11(13,14)19-8-3-1-7(2-4-8)18-9-5-10(17)16-15-6-9/h1-6H,(H,16,17). The highest BCUT2D eigenvalue weighted by Gasteiger charge is 2.30. The van der Waals surface area contributed by atoms with Crippen molar-refractivity contribution in [1.29, 1.82) is 0 Å². The number of rotatable bonds is 3. The number of nitrogens with zero attached hydrogens (tertiary/aromatic N) is 1. The van der Waals surface area contributed by atoms with Gasteiger partial charge in [-0.3, -0.25) is 4.79 Å². The van der Waals surface area contributed by atoms with Crippen molar-refractivity contribution in [2.75, 3.05) is 0 Å². The van der Waals surface area contributed by atoms with E-state index in [2.05, 4.69) is 14.9 Å². The average Bonchev–Trinajstić information content (AvgIpc) is 2.30.